The molecule has 1 amide bonds. The van der Waals surface area contributed by atoms with Crippen LogP contribution in [0.5, 0.6) is 5.75 Å². The van der Waals surface area contributed by atoms with E-state index < -0.39 is 0 Å². The van der Waals surface area contributed by atoms with Crippen LogP contribution in [0, 0.1) is 6.92 Å². The van der Waals surface area contributed by atoms with E-state index in [4.69, 9.17) is 4.74 Å². The third kappa shape index (κ3) is 4.71. The Bertz CT molecular complexity index is 708. The number of nitrogens with one attached hydrogen (secondary N) is 2. The quantitative estimate of drug-likeness (QED) is 0.772. The van der Waals surface area contributed by atoms with Gasteiger partial charge < -0.3 is 15.0 Å². The number of aryl methyl sites for hydroxylation is 1. The summed E-state index contributed by atoms with van der Waals surface area (Å²) in [5.74, 6) is -0.218. The number of aromatic nitrogens is 1. The minimum atomic E-state index is -0.387. The van der Waals surface area contributed by atoms with Gasteiger partial charge >= 0.3 is 0 Å². The van der Waals surface area contributed by atoms with E-state index in [0.717, 1.165) is 18.4 Å². The first-order chi connectivity index (χ1) is 11.1. The predicted molar refractivity (Wildman–Crippen MR) is 89.8 cm³/mol. The predicted octanol–water partition coefficient (Wildman–Crippen LogP) is 2.79. The second-order valence-electron chi connectivity index (χ2n) is 5.41. The molecule has 5 heteroatoms. The van der Waals surface area contributed by atoms with Crippen LogP contribution in [0.2, 0.25) is 0 Å². The Labute approximate surface area is 135 Å². The Hall–Kier alpha value is -2.56. The lowest BCUT2D eigenvalue weighted by Gasteiger charge is -2.12. The zero-order valence-corrected chi connectivity index (χ0v) is 13.5. The Morgan fingerprint density at radius 3 is 2.70 bits per heavy atom. The number of benzene rings is 1. The van der Waals surface area contributed by atoms with Gasteiger partial charge in [-0.15, -0.1) is 0 Å². The summed E-state index contributed by atoms with van der Waals surface area (Å²) in [6.07, 6.45) is 1.89. The summed E-state index contributed by atoms with van der Waals surface area (Å²) in [6, 6.07) is 11.2. The molecule has 0 spiro atoms. The topological polar surface area (TPSA) is 71.2 Å². The Morgan fingerprint density at radius 1 is 1.26 bits per heavy atom. The van der Waals surface area contributed by atoms with Gasteiger partial charge in [0.15, 0.2) is 5.75 Å². The van der Waals surface area contributed by atoms with Crippen molar-refractivity contribution in [1.82, 2.24) is 10.3 Å². The van der Waals surface area contributed by atoms with Crippen molar-refractivity contribution in [1.29, 1.82) is 0 Å². The summed E-state index contributed by atoms with van der Waals surface area (Å²) in [5.41, 5.74) is 1.45. The van der Waals surface area contributed by atoms with E-state index in [2.05, 4.69) is 17.2 Å². The van der Waals surface area contributed by atoms with E-state index in [-0.39, 0.29) is 29.4 Å². The zero-order valence-electron chi connectivity index (χ0n) is 13.5. The van der Waals surface area contributed by atoms with Crippen molar-refractivity contribution in [3.05, 3.63) is 63.6 Å². The number of amides is 1. The lowest BCUT2D eigenvalue weighted by Crippen LogP contribution is -2.27. The maximum absolute atomic E-state index is 12.3. The molecule has 0 bridgehead atoms. The second kappa shape index (κ2) is 8.17. The summed E-state index contributed by atoms with van der Waals surface area (Å²) >= 11 is 0. The lowest BCUT2D eigenvalue weighted by atomic mass is 10.2. The highest BCUT2D eigenvalue weighted by Gasteiger charge is 2.17. The molecule has 0 atom stereocenters. The van der Waals surface area contributed by atoms with Crippen molar-refractivity contribution in [3.63, 3.8) is 0 Å². The molecule has 2 rings (SSSR count). The molecule has 23 heavy (non-hydrogen) atoms. The standard InChI is InChI=1S/C18H22N2O3/c1-3-4-10-19-17(21)15-11-13(2)20-18(22)16(15)23-12-14-8-6-5-7-9-14/h5-9,11H,3-4,10,12H2,1-2H3,(H,19,21)(H,20,22). The maximum atomic E-state index is 12.3. The molecular formula is C18H22N2O3. The number of H-pyrrole nitrogens is 1. The largest absolute Gasteiger partial charge is 0.482 e. The first-order valence-electron chi connectivity index (χ1n) is 7.80. The fraction of sp³-hybridized carbons (Fsp3) is 0.333. The molecule has 0 aliphatic heterocycles. The van der Waals surface area contributed by atoms with E-state index in [0.29, 0.717) is 12.2 Å². The van der Waals surface area contributed by atoms with Crippen LogP contribution in [-0.2, 0) is 6.61 Å². The third-order valence-corrected chi connectivity index (χ3v) is 3.41. The number of pyridine rings is 1. The van der Waals surface area contributed by atoms with Crippen LogP contribution in [0.25, 0.3) is 0 Å². The van der Waals surface area contributed by atoms with Crippen molar-refractivity contribution in [2.45, 2.75) is 33.3 Å². The molecule has 1 aromatic carbocycles. The molecular weight excluding hydrogens is 292 g/mol. The minimum Gasteiger partial charge on any atom is -0.482 e. The van der Waals surface area contributed by atoms with Crippen LogP contribution >= 0.6 is 0 Å². The number of carbonyl (C=O) groups is 1. The van der Waals surface area contributed by atoms with E-state index in [1.54, 1.807) is 13.0 Å². The molecule has 0 radical (unpaired) electrons. The number of ether oxygens (including phenoxy) is 1. The van der Waals surface area contributed by atoms with Gasteiger partial charge in [-0.3, -0.25) is 9.59 Å². The zero-order chi connectivity index (χ0) is 16.7. The van der Waals surface area contributed by atoms with Gasteiger partial charge in [-0.1, -0.05) is 43.7 Å². The fourth-order valence-corrected chi connectivity index (χ4v) is 2.19. The highest BCUT2D eigenvalue weighted by Crippen LogP contribution is 2.15. The van der Waals surface area contributed by atoms with Gasteiger partial charge in [0.25, 0.3) is 11.5 Å². The molecule has 0 unspecified atom stereocenters. The monoisotopic (exact) mass is 314 g/mol. The molecule has 0 fully saturated rings. The van der Waals surface area contributed by atoms with Gasteiger partial charge in [-0.05, 0) is 25.0 Å². The van der Waals surface area contributed by atoms with Gasteiger partial charge in [0.1, 0.15) is 6.61 Å². The number of aromatic amines is 1. The first kappa shape index (κ1) is 16.8. The SMILES string of the molecule is CCCCNC(=O)c1cc(C)[nH]c(=O)c1OCc1ccccc1. The van der Waals surface area contributed by atoms with Crippen molar-refractivity contribution in [2.24, 2.45) is 0 Å². The van der Waals surface area contributed by atoms with Crippen LogP contribution in [0.4, 0.5) is 0 Å². The van der Waals surface area contributed by atoms with Crippen LogP contribution < -0.4 is 15.6 Å². The van der Waals surface area contributed by atoms with Crippen molar-refractivity contribution in [3.8, 4) is 5.75 Å². The van der Waals surface area contributed by atoms with Gasteiger partial charge in [0.2, 0.25) is 0 Å². The highest BCUT2D eigenvalue weighted by molar-refractivity contribution is 5.96. The number of hydrogen-bond acceptors (Lipinski definition) is 3. The van der Waals surface area contributed by atoms with E-state index in [1.165, 1.54) is 0 Å². The number of rotatable bonds is 7. The molecule has 0 aliphatic rings. The summed E-state index contributed by atoms with van der Waals surface area (Å²) in [7, 11) is 0. The van der Waals surface area contributed by atoms with Crippen molar-refractivity contribution in [2.75, 3.05) is 6.54 Å². The van der Waals surface area contributed by atoms with E-state index >= 15 is 0 Å². The molecule has 5 nitrogen and oxygen atoms in total. The van der Waals surface area contributed by atoms with Gasteiger partial charge in [0.05, 0.1) is 5.56 Å². The van der Waals surface area contributed by atoms with E-state index in [1.807, 2.05) is 30.3 Å². The summed E-state index contributed by atoms with van der Waals surface area (Å²) in [6.45, 7) is 4.62. The van der Waals surface area contributed by atoms with E-state index in [9.17, 15) is 9.59 Å². The van der Waals surface area contributed by atoms with Crippen LogP contribution in [0.1, 0.15) is 41.4 Å². The van der Waals surface area contributed by atoms with Crippen LogP contribution in [0.15, 0.2) is 41.2 Å². The minimum absolute atomic E-state index is 0.0634. The first-order valence-corrected chi connectivity index (χ1v) is 7.80. The van der Waals surface area contributed by atoms with Crippen molar-refractivity contribution >= 4 is 5.91 Å². The summed E-state index contributed by atoms with van der Waals surface area (Å²) in [4.78, 5) is 27.1. The number of hydrogen-bond donors (Lipinski definition) is 2. The smallest absolute Gasteiger partial charge is 0.291 e. The molecule has 0 saturated heterocycles. The van der Waals surface area contributed by atoms with Crippen LogP contribution in [-0.4, -0.2) is 17.4 Å². The normalized spacial score (nSPS) is 10.3. The number of unbranched alkanes of at least 4 members (excludes halogenated alkanes) is 1. The lowest BCUT2D eigenvalue weighted by molar-refractivity contribution is 0.0948. The molecule has 1 heterocycles. The summed E-state index contributed by atoms with van der Waals surface area (Å²) in [5, 5.41) is 2.82. The molecule has 2 N–H and O–H groups in total. The van der Waals surface area contributed by atoms with Crippen molar-refractivity contribution < 1.29 is 9.53 Å². The van der Waals surface area contributed by atoms with Crippen LogP contribution in [0.3, 0.4) is 0 Å². The Balaban J connectivity index is 2.20. The molecule has 2 aromatic rings. The molecule has 0 aliphatic carbocycles. The number of carbonyl (C=O) groups excluding carboxylic acids is 1. The molecule has 0 saturated carbocycles. The van der Waals surface area contributed by atoms with Gasteiger partial charge in [-0.25, -0.2) is 0 Å². The molecule has 1 aromatic heterocycles. The average molecular weight is 314 g/mol. The van der Waals surface area contributed by atoms with Gasteiger partial charge in [-0.2, -0.15) is 0 Å². The Morgan fingerprint density at radius 2 is 2.00 bits per heavy atom. The third-order valence-electron chi connectivity index (χ3n) is 3.41. The summed E-state index contributed by atoms with van der Waals surface area (Å²) < 4.78 is 5.63. The fourth-order valence-electron chi connectivity index (χ4n) is 2.19. The Kier molecular flexibility index (Phi) is 5.97. The average Bonchev–Trinajstić information content (AvgIpc) is 2.54. The molecule has 122 valence electrons. The highest BCUT2D eigenvalue weighted by atomic mass is 16.5. The van der Waals surface area contributed by atoms with Gasteiger partial charge in [0, 0.05) is 12.2 Å². The maximum Gasteiger partial charge on any atom is 0.291 e. The second-order valence-corrected chi connectivity index (χ2v) is 5.41.